The molecule has 8 heteroatoms. The van der Waals surface area contributed by atoms with Crippen molar-refractivity contribution in [1.82, 2.24) is 25.3 Å². The summed E-state index contributed by atoms with van der Waals surface area (Å²) in [5.74, 6) is 0.701. The van der Waals surface area contributed by atoms with Crippen molar-refractivity contribution < 1.29 is 5.11 Å². The number of benzene rings is 1. The molecule has 0 fully saturated rings. The molecule has 0 aliphatic rings. The molecule has 1 heterocycles. The average molecular weight is 514 g/mol. The van der Waals surface area contributed by atoms with Gasteiger partial charge < -0.3 is 15.7 Å². The quantitative estimate of drug-likeness (QED) is 0.272. The first-order chi connectivity index (χ1) is 13.3. The van der Waals surface area contributed by atoms with Gasteiger partial charge in [-0.3, -0.25) is 9.58 Å². The second kappa shape index (κ2) is 12.1. The van der Waals surface area contributed by atoms with Crippen LogP contribution in [0.15, 0.2) is 47.7 Å². The maximum Gasteiger partial charge on any atom is 0.191 e. The minimum Gasteiger partial charge on any atom is -0.383 e. The number of rotatable bonds is 9. The van der Waals surface area contributed by atoms with E-state index in [-0.39, 0.29) is 30.5 Å². The second-order valence-corrected chi connectivity index (χ2v) is 7.50. The Bertz CT molecular complexity index is 747. The number of hydrogen-bond acceptors (Lipinski definition) is 4. The first-order valence-electron chi connectivity index (χ1n) is 9.79. The summed E-state index contributed by atoms with van der Waals surface area (Å²) in [7, 11) is 3.96. The fraction of sp³-hybridized carbons (Fsp3) is 0.524. The molecule has 2 aromatic rings. The Hall–Kier alpha value is -1.65. The molecule has 0 saturated carbocycles. The van der Waals surface area contributed by atoms with E-state index in [4.69, 9.17) is 0 Å². The highest BCUT2D eigenvalue weighted by molar-refractivity contribution is 14.0. The highest BCUT2D eigenvalue weighted by Crippen LogP contribution is 2.19. The molecule has 0 aliphatic carbocycles. The van der Waals surface area contributed by atoms with E-state index in [0.717, 1.165) is 25.2 Å². The summed E-state index contributed by atoms with van der Waals surface area (Å²) in [6.07, 6.45) is 3.49. The smallest absolute Gasteiger partial charge is 0.191 e. The summed E-state index contributed by atoms with van der Waals surface area (Å²) >= 11 is 0. The van der Waals surface area contributed by atoms with Crippen LogP contribution >= 0.6 is 24.0 Å². The lowest BCUT2D eigenvalue weighted by Gasteiger charge is -2.26. The molecule has 7 nitrogen and oxygen atoms in total. The highest BCUT2D eigenvalue weighted by Gasteiger charge is 2.24. The third kappa shape index (κ3) is 8.31. The highest BCUT2D eigenvalue weighted by atomic mass is 127. The number of likely N-dealkylation sites (N-methyl/N-ethyl adjacent to an activating group) is 1. The SMILES string of the molecule is CCNC(=NCC(C)(O)c1cnn(C)c1)NCC(C)N(C)Cc1ccccc1.I. The molecule has 2 atom stereocenters. The maximum absolute atomic E-state index is 10.7. The van der Waals surface area contributed by atoms with Crippen LogP contribution in [0.25, 0.3) is 0 Å². The fourth-order valence-electron chi connectivity index (χ4n) is 2.79. The van der Waals surface area contributed by atoms with E-state index in [0.29, 0.717) is 12.0 Å². The topological polar surface area (TPSA) is 77.7 Å². The van der Waals surface area contributed by atoms with Gasteiger partial charge in [0.2, 0.25) is 0 Å². The summed E-state index contributed by atoms with van der Waals surface area (Å²) in [4.78, 5) is 6.88. The van der Waals surface area contributed by atoms with Crippen molar-refractivity contribution >= 4 is 29.9 Å². The van der Waals surface area contributed by atoms with Crippen LogP contribution in [-0.2, 0) is 19.2 Å². The third-order valence-corrected chi connectivity index (χ3v) is 4.81. The molecule has 0 amide bonds. The van der Waals surface area contributed by atoms with Crippen LogP contribution < -0.4 is 10.6 Å². The molecular formula is C21H35IN6O. The van der Waals surface area contributed by atoms with Crippen molar-refractivity contribution in [3.8, 4) is 0 Å². The lowest BCUT2D eigenvalue weighted by atomic mass is 10.0. The van der Waals surface area contributed by atoms with Gasteiger partial charge in [0.15, 0.2) is 5.96 Å². The predicted molar refractivity (Wildman–Crippen MR) is 130 cm³/mol. The predicted octanol–water partition coefficient (Wildman–Crippen LogP) is 2.32. The summed E-state index contributed by atoms with van der Waals surface area (Å²) < 4.78 is 1.68. The van der Waals surface area contributed by atoms with Gasteiger partial charge in [0.1, 0.15) is 5.60 Å². The van der Waals surface area contributed by atoms with Gasteiger partial charge in [-0.1, -0.05) is 30.3 Å². The van der Waals surface area contributed by atoms with E-state index < -0.39 is 5.60 Å². The van der Waals surface area contributed by atoms with Gasteiger partial charge in [-0.05, 0) is 33.4 Å². The summed E-state index contributed by atoms with van der Waals surface area (Å²) in [6.45, 7) is 8.63. The normalized spacial score (nSPS) is 14.8. The molecule has 1 aromatic heterocycles. The molecule has 0 radical (unpaired) electrons. The molecule has 0 saturated heterocycles. The zero-order valence-corrected chi connectivity index (χ0v) is 20.4. The second-order valence-electron chi connectivity index (χ2n) is 7.50. The monoisotopic (exact) mass is 514 g/mol. The zero-order valence-electron chi connectivity index (χ0n) is 18.1. The number of nitrogens with one attached hydrogen (secondary N) is 2. The Labute approximate surface area is 191 Å². The molecule has 29 heavy (non-hydrogen) atoms. The van der Waals surface area contributed by atoms with Crippen molar-refractivity contribution in [1.29, 1.82) is 0 Å². The van der Waals surface area contributed by atoms with Crippen molar-refractivity contribution in [2.24, 2.45) is 12.0 Å². The van der Waals surface area contributed by atoms with Gasteiger partial charge in [0.05, 0.1) is 12.7 Å². The largest absolute Gasteiger partial charge is 0.383 e. The van der Waals surface area contributed by atoms with Gasteiger partial charge in [-0.15, -0.1) is 24.0 Å². The Morgan fingerprint density at radius 2 is 2.00 bits per heavy atom. The number of aryl methyl sites for hydroxylation is 1. The summed E-state index contributed by atoms with van der Waals surface area (Å²) in [5.41, 5.74) is 0.988. The van der Waals surface area contributed by atoms with E-state index in [1.165, 1.54) is 5.56 Å². The Morgan fingerprint density at radius 3 is 2.59 bits per heavy atom. The minimum atomic E-state index is -1.06. The first-order valence-corrected chi connectivity index (χ1v) is 9.79. The molecule has 1 aromatic carbocycles. The summed E-state index contributed by atoms with van der Waals surface area (Å²) in [6, 6.07) is 10.8. The van der Waals surface area contributed by atoms with E-state index >= 15 is 0 Å². The van der Waals surface area contributed by atoms with Gasteiger partial charge >= 0.3 is 0 Å². The third-order valence-electron chi connectivity index (χ3n) is 4.81. The molecule has 0 bridgehead atoms. The number of halogens is 1. The number of aromatic nitrogens is 2. The molecule has 0 spiro atoms. The van der Waals surface area contributed by atoms with Crippen LogP contribution in [-0.4, -0.2) is 58.5 Å². The van der Waals surface area contributed by atoms with Crippen LogP contribution in [0, 0.1) is 0 Å². The minimum absolute atomic E-state index is 0. The van der Waals surface area contributed by atoms with E-state index in [1.807, 2.05) is 26.2 Å². The fourth-order valence-corrected chi connectivity index (χ4v) is 2.79. The van der Waals surface area contributed by atoms with E-state index in [9.17, 15) is 5.11 Å². The van der Waals surface area contributed by atoms with E-state index in [2.05, 4.69) is 63.9 Å². The Balaban J connectivity index is 0.00000420. The van der Waals surface area contributed by atoms with Crippen LogP contribution in [0.5, 0.6) is 0 Å². The number of hydrogen-bond donors (Lipinski definition) is 3. The van der Waals surface area contributed by atoms with Crippen molar-refractivity contribution in [2.75, 3.05) is 26.7 Å². The Kier molecular flexibility index (Phi) is 10.6. The standard InChI is InChI=1S/C21H34N6O.HI/c1-6-22-20(24-16-21(3,28)19-13-25-27(5)15-19)23-12-17(2)26(4)14-18-10-8-7-9-11-18;/h7-11,13,15,17,28H,6,12,14,16H2,1-5H3,(H2,22,23,24);1H. The lowest BCUT2D eigenvalue weighted by molar-refractivity contribution is 0.0671. The number of aliphatic hydroxyl groups is 1. The number of guanidine groups is 1. The maximum atomic E-state index is 10.7. The average Bonchev–Trinajstić information content (AvgIpc) is 3.12. The Morgan fingerprint density at radius 1 is 1.31 bits per heavy atom. The lowest BCUT2D eigenvalue weighted by Crippen LogP contribution is -2.45. The van der Waals surface area contributed by atoms with Gasteiger partial charge in [0, 0.05) is 44.5 Å². The molecule has 2 unspecified atom stereocenters. The van der Waals surface area contributed by atoms with Gasteiger partial charge in [-0.2, -0.15) is 5.10 Å². The van der Waals surface area contributed by atoms with Gasteiger partial charge in [0.25, 0.3) is 0 Å². The van der Waals surface area contributed by atoms with Gasteiger partial charge in [-0.25, -0.2) is 4.99 Å². The zero-order chi connectivity index (χ0) is 20.6. The van der Waals surface area contributed by atoms with Crippen molar-refractivity contribution in [2.45, 2.75) is 39.0 Å². The van der Waals surface area contributed by atoms with Crippen LogP contribution in [0.3, 0.4) is 0 Å². The molecule has 0 aliphatic heterocycles. The summed E-state index contributed by atoms with van der Waals surface area (Å²) in [5, 5.41) is 21.5. The van der Waals surface area contributed by atoms with Crippen molar-refractivity contribution in [3.63, 3.8) is 0 Å². The molecule has 162 valence electrons. The van der Waals surface area contributed by atoms with Crippen LogP contribution in [0.4, 0.5) is 0 Å². The van der Waals surface area contributed by atoms with E-state index in [1.54, 1.807) is 17.8 Å². The number of nitrogens with zero attached hydrogens (tertiary/aromatic N) is 4. The molecule has 2 rings (SSSR count). The van der Waals surface area contributed by atoms with Crippen LogP contribution in [0.2, 0.25) is 0 Å². The first kappa shape index (κ1) is 25.4. The van der Waals surface area contributed by atoms with Crippen LogP contribution in [0.1, 0.15) is 31.9 Å². The number of aliphatic imine (C=N–C) groups is 1. The van der Waals surface area contributed by atoms with Crippen molar-refractivity contribution in [3.05, 3.63) is 53.9 Å². The molecule has 3 N–H and O–H groups in total. The molecular weight excluding hydrogens is 479 g/mol.